The van der Waals surface area contributed by atoms with Gasteiger partial charge < -0.3 is 5.11 Å². The normalized spacial score (nSPS) is 12.5. The van der Waals surface area contributed by atoms with Crippen molar-refractivity contribution in [1.29, 1.82) is 0 Å². The number of rotatable bonds is 2. The SMILES string of the molecule is OC(c1ccc(F)cc1Br)c1cccc(Cl)c1Cl. The Bertz CT molecular complexity index is 589. The number of aliphatic hydroxyl groups excluding tert-OH is 1. The van der Waals surface area contributed by atoms with Crippen LogP contribution < -0.4 is 0 Å². The smallest absolute Gasteiger partial charge is 0.124 e. The van der Waals surface area contributed by atoms with E-state index in [0.29, 0.717) is 25.6 Å². The lowest BCUT2D eigenvalue weighted by atomic mass is 10.0. The van der Waals surface area contributed by atoms with Gasteiger partial charge in [0.05, 0.1) is 10.0 Å². The van der Waals surface area contributed by atoms with Gasteiger partial charge in [0.2, 0.25) is 0 Å². The molecule has 0 saturated heterocycles. The molecule has 0 fully saturated rings. The molecule has 1 nitrogen and oxygen atoms in total. The summed E-state index contributed by atoms with van der Waals surface area (Å²) >= 11 is 15.1. The molecule has 0 heterocycles. The van der Waals surface area contributed by atoms with Crippen molar-refractivity contribution < 1.29 is 9.50 Å². The van der Waals surface area contributed by atoms with Gasteiger partial charge in [-0.1, -0.05) is 57.3 Å². The number of benzene rings is 2. The Kier molecular flexibility index (Phi) is 4.28. The van der Waals surface area contributed by atoms with Crippen LogP contribution in [0.3, 0.4) is 0 Å². The van der Waals surface area contributed by atoms with Crippen molar-refractivity contribution in [3.05, 3.63) is 67.9 Å². The largest absolute Gasteiger partial charge is 0.384 e. The monoisotopic (exact) mass is 348 g/mol. The fourth-order valence-corrected chi connectivity index (χ4v) is 2.60. The van der Waals surface area contributed by atoms with Crippen molar-refractivity contribution in [2.45, 2.75) is 6.10 Å². The quantitative estimate of drug-likeness (QED) is 0.810. The van der Waals surface area contributed by atoms with Crippen LogP contribution in [0.2, 0.25) is 10.0 Å². The van der Waals surface area contributed by atoms with Crippen LogP contribution >= 0.6 is 39.1 Å². The number of hydrogen-bond donors (Lipinski definition) is 1. The molecule has 1 atom stereocenters. The molecule has 2 aromatic carbocycles. The summed E-state index contributed by atoms with van der Waals surface area (Å²) < 4.78 is 13.5. The predicted molar refractivity (Wildman–Crippen MR) is 74.6 cm³/mol. The molecule has 0 aliphatic carbocycles. The molecule has 0 saturated carbocycles. The highest BCUT2D eigenvalue weighted by Crippen LogP contribution is 2.35. The Balaban J connectivity index is 2.48. The van der Waals surface area contributed by atoms with Crippen LogP contribution in [0.5, 0.6) is 0 Å². The predicted octanol–water partition coefficient (Wildman–Crippen LogP) is 4.98. The van der Waals surface area contributed by atoms with E-state index in [-0.39, 0.29) is 5.82 Å². The van der Waals surface area contributed by atoms with Crippen molar-refractivity contribution in [2.75, 3.05) is 0 Å². The lowest BCUT2D eigenvalue weighted by Crippen LogP contribution is -2.02. The van der Waals surface area contributed by atoms with Crippen molar-refractivity contribution in [3.63, 3.8) is 0 Å². The summed E-state index contributed by atoms with van der Waals surface area (Å²) in [5.41, 5.74) is 1.01. The fourth-order valence-electron chi connectivity index (χ4n) is 1.62. The highest BCUT2D eigenvalue weighted by molar-refractivity contribution is 9.10. The maximum absolute atomic E-state index is 13.0. The van der Waals surface area contributed by atoms with Gasteiger partial charge in [-0.2, -0.15) is 0 Å². The molecule has 0 aliphatic rings. The Morgan fingerprint density at radius 1 is 1.11 bits per heavy atom. The second-order valence-electron chi connectivity index (χ2n) is 3.71. The molecule has 1 N–H and O–H groups in total. The third-order valence-corrected chi connectivity index (χ3v) is 4.05. The van der Waals surface area contributed by atoms with Gasteiger partial charge in [-0.3, -0.25) is 0 Å². The van der Waals surface area contributed by atoms with Gasteiger partial charge in [0.25, 0.3) is 0 Å². The molecular weight excluding hydrogens is 342 g/mol. The third-order valence-electron chi connectivity index (χ3n) is 2.53. The molecule has 0 amide bonds. The Labute approximate surface area is 122 Å². The van der Waals surface area contributed by atoms with Gasteiger partial charge in [-0.05, 0) is 23.8 Å². The van der Waals surface area contributed by atoms with Crippen LogP contribution in [0.1, 0.15) is 17.2 Å². The maximum Gasteiger partial charge on any atom is 0.124 e. The van der Waals surface area contributed by atoms with Gasteiger partial charge in [0.1, 0.15) is 11.9 Å². The standard InChI is InChI=1S/C13H8BrCl2FO/c14-10-6-7(17)4-5-8(10)13(18)9-2-1-3-11(15)12(9)16/h1-6,13,18H. The second-order valence-corrected chi connectivity index (χ2v) is 5.35. The highest BCUT2D eigenvalue weighted by Gasteiger charge is 2.18. The van der Waals surface area contributed by atoms with Crippen LogP contribution in [-0.4, -0.2) is 5.11 Å². The van der Waals surface area contributed by atoms with Crippen LogP contribution in [0.25, 0.3) is 0 Å². The molecule has 1 unspecified atom stereocenters. The lowest BCUT2D eigenvalue weighted by Gasteiger charge is -2.15. The minimum atomic E-state index is -0.967. The van der Waals surface area contributed by atoms with E-state index in [1.54, 1.807) is 18.2 Å². The van der Waals surface area contributed by atoms with Crippen molar-refractivity contribution in [1.82, 2.24) is 0 Å². The summed E-state index contributed by atoms with van der Waals surface area (Å²) in [6.07, 6.45) is -0.967. The summed E-state index contributed by atoms with van der Waals surface area (Å²) in [5, 5.41) is 10.9. The Morgan fingerprint density at radius 3 is 2.50 bits per heavy atom. The first kappa shape index (κ1) is 13.8. The van der Waals surface area contributed by atoms with E-state index in [1.165, 1.54) is 18.2 Å². The van der Waals surface area contributed by atoms with E-state index < -0.39 is 6.10 Å². The van der Waals surface area contributed by atoms with Crippen LogP contribution in [0.4, 0.5) is 4.39 Å². The molecule has 5 heteroatoms. The zero-order valence-corrected chi connectivity index (χ0v) is 12.1. The average molecular weight is 350 g/mol. The summed E-state index contributed by atoms with van der Waals surface area (Å²) in [5.74, 6) is -0.380. The van der Waals surface area contributed by atoms with Gasteiger partial charge >= 0.3 is 0 Å². The minimum Gasteiger partial charge on any atom is -0.384 e. The second kappa shape index (κ2) is 5.57. The molecule has 0 bridgehead atoms. The van der Waals surface area contributed by atoms with Crippen molar-refractivity contribution in [2.24, 2.45) is 0 Å². The van der Waals surface area contributed by atoms with E-state index in [9.17, 15) is 9.50 Å². The number of halogens is 4. The topological polar surface area (TPSA) is 20.2 Å². The summed E-state index contributed by atoms with van der Waals surface area (Å²) in [7, 11) is 0. The number of aliphatic hydroxyl groups is 1. The van der Waals surface area contributed by atoms with E-state index >= 15 is 0 Å². The van der Waals surface area contributed by atoms with Crippen LogP contribution in [-0.2, 0) is 0 Å². The number of hydrogen-bond acceptors (Lipinski definition) is 1. The van der Waals surface area contributed by atoms with E-state index in [2.05, 4.69) is 15.9 Å². The highest BCUT2D eigenvalue weighted by atomic mass is 79.9. The van der Waals surface area contributed by atoms with E-state index in [4.69, 9.17) is 23.2 Å². The van der Waals surface area contributed by atoms with Gasteiger partial charge in [0.15, 0.2) is 0 Å². The van der Waals surface area contributed by atoms with Crippen LogP contribution in [0.15, 0.2) is 40.9 Å². The van der Waals surface area contributed by atoms with Gasteiger partial charge in [-0.15, -0.1) is 0 Å². The summed E-state index contributed by atoms with van der Waals surface area (Å²) in [6, 6.07) is 9.08. The maximum atomic E-state index is 13.0. The molecule has 2 rings (SSSR count). The first-order valence-electron chi connectivity index (χ1n) is 5.07. The Morgan fingerprint density at radius 2 is 1.83 bits per heavy atom. The van der Waals surface area contributed by atoms with Crippen molar-refractivity contribution >= 4 is 39.1 Å². The molecule has 0 spiro atoms. The van der Waals surface area contributed by atoms with Crippen molar-refractivity contribution in [3.8, 4) is 0 Å². The zero-order valence-electron chi connectivity index (χ0n) is 9.00. The zero-order chi connectivity index (χ0) is 13.3. The van der Waals surface area contributed by atoms with Crippen LogP contribution in [0, 0.1) is 5.82 Å². The molecule has 2 aromatic rings. The average Bonchev–Trinajstić information content (AvgIpc) is 2.32. The third kappa shape index (κ3) is 2.69. The lowest BCUT2D eigenvalue weighted by molar-refractivity contribution is 0.219. The fraction of sp³-hybridized carbons (Fsp3) is 0.0769. The molecular formula is C13H8BrCl2FO. The molecule has 0 aliphatic heterocycles. The molecule has 18 heavy (non-hydrogen) atoms. The summed E-state index contributed by atoms with van der Waals surface area (Å²) in [6.45, 7) is 0. The van der Waals surface area contributed by atoms with E-state index in [0.717, 1.165) is 0 Å². The minimum absolute atomic E-state index is 0.294. The molecule has 94 valence electrons. The first-order valence-corrected chi connectivity index (χ1v) is 6.62. The van der Waals surface area contributed by atoms with Gasteiger partial charge in [0, 0.05) is 10.0 Å². The Hall–Kier alpha value is -0.610. The first-order chi connectivity index (χ1) is 8.50. The molecule has 0 radical (unpaired) electrons. The molecule has 0 aromatic heterocycles. The van der Waals surface area contributed by atoms with E-state index in [1.807, 2.05) is 0 Å². The van der Waals surface area contributed by atoms with Gasteiger partial charge in [-0.25, -0.2) is 4.39 Å². The summed E-state index contributed by atoms with van der Waals surface area (Å²) in [4.78, 5) is 0.